The van der Waals surface area contributed by atoms with Gasteiger partial charge in [-0.15, -0.1) is 0 Å². The molecule has 5 aromatic rings. The number of nitrogens with two attached hydrogens (primary N) is 1. The highest BCUT2D eigenvalue weighted by Crippen LogP contribution is 2.44. The summed E-state index contributed by atoms with van der Waals surface area (Å²) >= 11 is 0. The van der Waals surface area contributed by atoms with Crippen molar-refractivity contribution >= 4 is 29.2 Å². The third-order valence-electron chi connectivity index (χ3n) is 8.04. The van der Waals surface area contributed by atoms with Gasteiger partial charge in [0, 0.05) is 35.6 Å². The van der Waals surface area contributed by atoms with Gasteiger partial charge in [-0.25, -0.2) is 19.7 Å². The smallest absolute Gasteiger partial charge is 0.411 e. The molecule has 3 atom stereocenters. The number of nitrogen functional groups attached to an aromatic ring is 1. The number of benzene rings is 2. The summed E-state index contributed by atoms with van der Waals surface area (Å²) < 4.78 is 13.4. The Bertz CT molecular complexity index is 1780. The molecule has 7 rings (SSSR count). The molecule has 3 N–H and O–H groups in total. The number of aromatic nitrogens is 4. The quantitative estimate of drug-likeness (QED) is 0.297. The molecule has 5 heterocycles. The van der Waals surface area contributed by atoms with Gasteiger partial charge in [-0.3, -0.25) is 14.1 Å². The van der Waals surface area contributed by atoms with E-state index in [0.29, 0.717) is 53.9 Å². The molecule has 0 bridgehead atoms. The Kier molecular flexibility index (Phi) is 6.92. The SMILES string of the molecule is Nc1nccn2c([C@@H]3C[C@H]4COC[C@H]4N3C(=O)OCc3ccccc3)nc(-c3ccc(C(=O)Nc4ccccn4)cc3)c12. The van der Waals surface area contributed by atoms with Gasteiger partial charge < -0.3 is 20.5 Å². The zero-order valence-corrected chi connectivity index (χ0v) is 23.2. The summed E-state index contributed by atoms with van der Waals surface area (Å²) in [5.74, 6) is 1.35. The van der Waals surface area contributed by atoms with Crippen molar-refractivity contribution in [2.45, 2.75) is 25.1 Å². The van der Waals surface area contributed by atoms with E-state index in [2.05, 4.69) is 15.3 Å². The second-order valence-electron chi connectivity index (χ2n) is 10.7. The number of carbonyl (C=O) groups excluding carboxylic acids is 2. The molecule has 2 aliphatic rings. The zero-order valence-electron chi connectivity index (χ0n) is 23.2. The first-order valence-electron chi connectivity index (χ1n) is 14.1. The van der Waals surface area contributed by atoms with Crippen LogP contribution in [0, 0.1) is 5.92 Å². The molecule has 43 heavy (non-hydrogen) atoms. The molecule has 11 nitrogen and oxygen atoms in total. The maximum Gasteiger partial charge on any atom is 0.411 e. The van der Waals surface area contributed by atoms with E-state index >= 15 is 0 Å². The van der Waals surface area contributed by atoms with Crippen molar-refractivity contribution in [2.24, 2.45) is 5.92 Å². The molecular formula is C32H29N7O4. The average molecular weight is 576 g/mol. The lowest BCUT2D eigenvalue weighted by molar-refractivity contribution is 0.0653. The minimum Gasteiger partial charge on any atom is -0.445 e. The lowest BCUT2D eigenvalue weighted by atomic mass is 10.0. The number of nitrogens with one attached hydrogen (secondary N) is 1. The number of hydrogen-bond donors (Lipinski definition) is 2. The van der Waals surface area contributed by atoms with Crippen LogP contribution in [-0.2, 0) is 16.1 Å². The Morgan fingerprint density at radius 3 is 2.58 bits per heavy atom. The molecular weight excluding hydrogens is 546 g/mol. The molecule has 0 spiro atoms. The van der Waals surface area contributed by atoms with Gasteiger partial charge in [0.25, 0.3) is 5.91 Å². The minimum absolute atomic E-state index is 0.111. The normalized spacial score (nSPS) is 19.3. The van der Waals surface area contributed by atoms with Crippen LogP contribution >= 0.6 is 0 Å². The van der Waals surface area contributed by atoms with Crippen LogP contribution < -0.4 is 11.1 Å². The van der Waals surface area contributed by atoms with Gasteiger partial charge in [0.15, 0.2) is 0 Å². The number of amides is 2. The summed E-state index contributed by atoms with van der Waals surface area (Å²) in [6.07, 6.45) is 5.32. The van der Waals surface area contributed by atoms with Gasteiger partial charge >= 0.3 is 6.09 Å². The first-order chi connectivity index (χ1) is 21.1. The van der Waals surface area contributed by atoms with Gasteiger partial charge in [0.05, 0.1) is 25.3 Å². The molecule has 3 aromatic heterocycles. The summed E-state index contributed by atoms with van der Waals surface area (Å²) in [6, 6.07) is 21.6. The highest BCUT2D eigenvalue weighted by molar-refractivity contribution is 6.04. The maximum absolute atomic E-state index is 13.6. The topological polar surface area (TPSA) is 137 Å². The first-order valence-corrected chi connectivity index (χ1v) is 14.1. The summed E-state index contributed by atoms with van der Waals surface area (Å²) in [5, 5.41) is 2.79. The summed E-state index contributed by atoms with van der Waals surface area (Å²) in [4.78, 5) is 41.7. The first kappa shape index (κ1) is 26.6. The van der Waals surface area contributed by atoms with Gasteiger partial charge in [0.1, 0.15) is 35.3 Å². The molecule has 11 heteroatoms. The number of imidazole rings is 1. The highest BCUT2D eigenvalue weighted by Gasteiger charge is 2.49. The van der Waals surface area contributed by atoms with Gasteiger partial charge in [-0.2, -0.15) is 0 Å². The van der Waals surface area contributed by atoms with E-state index in [0.717, 1.165) is 11.1 Å². The molecule has 2 fully saturated rings. The zero-order chi connectivity index (χ0) is 29.3. The van der Waals surface area contributed by atoms with Crippen LogP contribution in [0.5, 0.6) is 0 Å². The molecule has 0 aliphatic carbocycles. The van der Waals surface area contributed by atoms with Crippen molar-refractivity contribution < 1.29 is 19.1 Å². The van der Waals surface area contributed by atoms with E-state index in [4.69, 9.17) is 20.2 Å². The van der Waals surface area contributed by atoms with Gasteiger partial charge in [-0.05, 0) is 36.2 Å². The largest absolute Gasteiger partial charge is 0.445 e. The third-order valence-corrected chi connectivity index (χ3v) is 8.04. The second-order valence-corrected chi connectivity index (χ2v) is 10.7. The van der Waals surface area contributed by atoms with Crippen molar-refractivity contribution in [2.75, 3.05) is 24.3 Å². The van der Waals surface area contributed by atoms with Crippen LogP contribution in [-0.4, -0.2) is 55.5 Å². The van der Waals surface area contributed by atoms with Crippen molar-refractivity contribution in [1.29, 1.82) is 0 Å². The lowest BCUT2D eigenvalue weighted by Gasteiger charge is -2.28. The number of ether oxygens (including phenoxy) is 2. The number of hydrogen-bond acceptors (Lipinski definition) is 8. The van der Waals surface area contributed by atoms with E-state index in [9.17, 15) is 9.59 Å². The number of likely N-dealkylation sites (tertiary alicyclic amines) is 1. The van der Waals surface area contributed by atoms with E-state index < -0.39 is 6.09 Å². The fraction of sp³-hybridized carbons (Fsp3) is 0.219. The molecule has 0 radical (unpaired) electrons. The molecule has 0 saturated carbocycles. The van der Waals surface area contributed by atoms with Crippen LogP contribution in [0.1, 0.15) is 34.2 Å². The van der Waals surface area contributed by atoms with E-state index in [1.54, 1.807) is 47.6 Å². The fourth-order valence-electron chi connectivity index (χ4n) is 5.97. The van der Waals surface area contributed by atoms with E-state index in [1.807, 2.05) is 53.1 Å². The molecule has 0 unspecified atom stereocenters. The van der Waals surface area contributed by atoms with Gasteiger partial charge in [-0.1, -0.05) is 48.5 Å². The van der Waals surface area contributed by atoms with Gasteiger partial charge in [0.2, 0.25) is 0 Å². The Hall–Kier alpha value is -5.29. The Balaban J connectivity index is 1.21. The fourth-order valence-corrected chi connectivity index (χ4v) is 5.97. The number of pyridine rings is 1. The van der Waals surface area contributed by atoms with Crippen molar-refractivity contribution in [3.8, 4) is 11.3 Å². The van der Waals surface area contributed by atoms with E-state index in [-0.39, 0.29) is 30.5 Å². The van der Waals surface area contributed by atoms with Crippen LogP contribution in [0.4, 0.5) is 16.4 Å². The summed E-state index contributed by atoms with van der Waals surface area (Å²) in [7, 11) is 0. The molecule has 2 amide bonds. The standard InChI is InChI=1S/C32H29N7O4/c33-29-28-27(21-9-11-22(12-10-21)31(40)36-26-8-4-5-13-34-26)37-30(38(28)15-14-35-29)24-16-23-18-42-19-25(23)39(24)32(41)43-17-20-6-2-1-3-7-20/h1-15,23-25H,16-19H2,(H2,33,35)(H,34,36,40)/t23-,24-,25+/m0/s1. The van der Waals surface area contributed by atoms with Crippen molar-refractivity contribution in [1.82, 2.24) is 24.3 Å². The summed E-state index contributed by atoms with van der Waals surface area (Å²) in [6.45, 7) is 1.20. The van der Waals surface area contributed by atoms with Crippen molar-refractivity contribution in [3.63, 3.8) is 0 Å². The molecule has 216 valence electrons. The lowest BCUT2D eigenvalue weighted by Crippen LogP contribution is -2.40. The Morgan fingerprint density at radius 1 is 0.977 bits per heavy atom. The monoisotopic (exact) mass is 575 g/mol. The predicted molar refractivity (Wildman–Crippen MR) is 159 cm³/mol. The number of nitrogens with zero attached hydrogens (tertiary/aromatic N) is 5. The minimum atomic E-state index is -0.407. The molecule has 2 aromatic carbocycles. The Labute approximate surface area is 247 Å². The number of rotatable bonds is 6. The van der Waals surface area contributed by atoms with E-state index in [1.165, 1.54) is 0 Å². The van der Waals surface area contributed by atoms with Crippen LogP contribution in [0.25, 0.3) is 16.8 Å². The third kappa shape index (κ3) is 5.04. The average Bonchev–Trinajstić information content (AvgIpc) is 3.75. The molecule has 2 saturated heterocycles. The maximum atomic E-state index is 13.6. The number of anilines is 2. The molecule has 2 aliphatic heterocycles. The van der Waals surface area contributed by atoms with Crippen LogP contribution in [0.3, 0.4) is 0 Å². The predicted octanol–water partition coefficient (Wildman–Crippen LogP) is 4.72. The number of carbonyl (C=O) groups is 2. The summed E-state index contributed by atoms with van der Waals surface area (Å²) in [5.41, 5.74) is 9.79. The highest BCUT2D eigenvalue weighted by atomic mass is 16.6. The van der Waals surface area contributed by atoms with Crippen LogP contribution in [0.2, 0.25) is 0 Å². The number of fused-ring (bicyclic) bond motifs is 2. The Morgan fingerprint density at radius 2 is 1.79 bits per heavy atom. The second kappa shape index (κ2) is 11.2. The van der Waals surface area contributed by atoms with Crippen LogP contribution in [0.15, 0.2) is 91.4 Å². The van der Waals surface area contributed by atoms with Crippen molar-refractivity contribution in [3.05, 3.63) is 108 Å².